The number of amides is 1. The van der Waals surface area contributed by atoms with Gasteiger partial charge in [0.2, 0.25) is 5.91 Å². The number of pyridine rings is 1. The lowest BCUT2D eigenvalue weighted by Crippen LogP contribution is -2.38. The highest BCUT2D eigenvalue weighted by Crippen LogP contribution is 2.28. The van der Waals surface area contributed by atoms with Crippen molar-refractivity contribution in [3.8, 4) is 0 Å². The fourth-order valence-electron chi connectivity index (χ4n) is 3.77. The van der Waals surface area contributed by atoms with E-state index in [1.807, 2.05) is 35.2 Å². The lowest BCUT2D eigenvalue weighted by molar-refractivity contribution is -0.131. The van der Waals surface area contributed by atoms with Gasteiger partial charge in [0.1, 0.15) is 0 Å². The summed E-state index contributed by atoms with van der Waals surface area (Å²) in [5.74, 6) is 0.786. The first-order valence-electron chi connectivity index (χ1n) is 8.96. The largest absolute Gasteiger partial charge is 0.342 e. The topological polar surface area (TPSA) is 33.2 Å². The van der Waals surface area contributed by atoms with Crippen LogP contribution in [-0.2, 0) is 11.2 Å². The Labute approximate surface area is 148 Å². The molecule has 0 aliphatic carbocycles. The van der Waals surface area contributed by atoms with E-state index in [0.29, 0.717) is 12.3 Å². The third-order valence-electron chi connectivity index (χ3n) is 5.18. The summed E-state index contributed by atoms with van der Waals surface area (Å²) < 4.78 is 0. The minimum absolute atomic E-state index is 0.213. The van der Waals surface area contributed by atoms with Gasteiger partial charge >= 0.3 is 0 Å². The molecule has 1 aliphatic rings. The number of nitrogens with zero attached hydrogens (tertiary/aromatic N) is 2. The number of rotatable bonds is 3. The number of para-hydroxylation sites is 1. The van der Waals surface area contributed by atoms with Crippen LogP contribution in [0.2, 0.25) is 0 Å². The van der Waals surface area contributed by atoms with E-state index in [0.717, 1.165) is 42.4 Å². The Bertz CT molecular complexity index is 862. The third-order valence-corrected chi connectivity index (χ3v) is 5.18. The maximum atomic E-state index is 12.8. The molecule has 2 heterocycles. The second kappa shape index (κ2) is 7.06. The highest BCUT2D eigenvalue weighted by atomic mass is 16.2. The van der Waals surface area contributed by atoms with Crippen LogP contribution < -0.4 is 0 Å². The van der Waals surface area contributed by atoms with Crippen molar-refractivity contribution < 1.29 is 4.79 Å². The van der Waals surface area contributed by atoms with Crippen LogP contribution >= 0.6 is 0 Å². The summed E-state index contributed by atoms with van der Waals surface area (Å²) in [4.78, 5) is 19.2. The monoisotopic (exact) mass is 330 g/mol. The SMILES string of the molecule is O=C(Cc1cccc2cccnc12)N1CCC(c2ccccc2)CC1. The van der Waals surface area contributed by atoms with Crippen molar-refractivity contribution in [2.24, 2.45) is 0 Å². The molecular weight excluding hydrogens is 308 g/mol. The number of hydrogen-bond donors (Lipinski definition) is 0. The molecule has 0 N–H and O–H groups in total. The number of benzene rings is 2. The molecule has 0 atom stereocenters. The van der Waals surface area contributed by atoms with Gasteiger partial charge in [-0.2, -0.15) is 0 Å². The highest BCUT2D eigenvalue weighted by molar-refractivity contribution is 5.87. The Balaban J connectivity index is 1.42. The van der Waals surface area contributed by atoms with Crippen LogP contribution in [0.3, 0.4) is 0 Å². The molecule has 0 radical (unpaired) electrons. The molecule has 0 unspecified atom stereocenters. The summed E-state index contributed by atoms with van der Waals surface area (Å²) in [5.41, 5.74) is 3.36. The van der Waals surface area contributed by atoms with Gasteiger partial charge in [0.15, 0.2) is 0 Å². The number of aromatic nitrogens is 1. The zero-order valence-corrected chi connectivity index (χ0v) is 14.3. The van der Waals surface area contributed by atoms with E-state index >= 15 is 0 Å². The van der Waals surface area contributed by atoms with Crippen molar-refractivity contribution in [2.45, 2.75) is 25.2 Å². The standard InChI is InChI=1S/C22H22N2O/c25-21(16-20-9-4-8-19-10-5-13-23-22(19)20)24-14-11-18(12-15-24)17-6-2-1-3-7-17/h1-10,13,18H,11-12,14-16H2. The van der Waals surface area contributed by atoms with Gasteiger partial charge in [-0.25, -0.2) is 0 Å². The van der Waals surface area contributed by atoms with Crippen molar-refractivity contribution in [3.05, 3.63) is 78.0 Å². The molecule has 1 fully saturated rings. The first-order chi connectivity index (χ1) is 12.3. The van der Waals surface area contributed by atoms with E-state index < -0.39 is 0 Å². The van der Waals surface area contributed by atoms with Gasteiger partial charge < -0.3 is 4.90 Å². The van der Waals surface area contributed by atoms with Crippen LogP contribution in [0.25, 0.3) is 10.9 Å². The van der Waals surface area contributed by atoms with Crippen molar-refractivity contribution in [2.75, 3.05) is 13.1 Å². The number of hydrogen-bond acceptors (Lipinski definition) is 2. The molecule has 3 aromatic rings. The van der Waals surface area contributed by atoms with Crippen molar-refractivity contribution >= 4 is 16.8 Å². The Morgan fingerprint density at radius 1 is 0.960 bits per heavy atom. The van der Waals surface area contributed by atoms with Gasteiger partial charge in [0, 0.05) is 24.7 Å². The molecule has 25 heavy (non-hydrogen) atoms. The van der Waals surface area contributed by atoms with Crippen LogP contribution in [0.1, 0.15) is 29.9 Å². The molecule has 1 aromatic heterocycles. The normalized spacial score (nSPS) is 15.4. The van der Waals surface area contributed by atoms with Crippen LogP contribution in [0.4, 0.5) is 0 Å². The molecule has 0 bridgehead atoms. The molecule has 2 aromatic carbocycles. The minimum atomic E-state index is 0.213. The second-order valence-electron chi connectivity index (χ2n) is 6.73. The van der Waals surface area contributed by atoms with Crippen molar-refractivity contribution in [3.63, 3.8) is 0 Å². The zero-order valence-electron chi connectivity index (χ0n) is 14.3. The van der Waals surface area contributed by atoms with E-state index in [-0.39, 0.29) is 5.91 Å². The van der Waals surface area contributed by atoms with E-state index in [4.69, 9.17) is 0 Å². The van der Waals surface area contributed by atoms with Gasteiger partial charge in [-0.15, -0.1) is 0 Å². The fraction of sp³-hybridized carbons (Fsp3) is 0.273. The average molecular weight is 330 g/mol. The number of carbonyl (C=O) groups excluding carboxylic acids is 1. The molecule has 126 valence electrons. The molecular formula is C22H22N2O. The predicted molar refractivity (Wildman–Crippen MR) is 100 cm³/mol. The van der Waals surface area contributed by atoms with Gasteiger partial charge in [0.25, 0.3) is 0 Å². The number of piperidine rings is 1. The van der Waals surface area contributed by atoms with Gasteiger partial charge in [-0.1, -0.05) is 54.6 Å². The van der Waals surface area contributed by atoms with Crippen LogP contribution in [0.15, 0.2) is 66.9 Å². The Morgan fingerprint density at radius 3 is 2.52 bits per heavy atom. The highest BCUT2D eigenvalue weighted by Gasteiger charge is 2.24. The molecule has 4 rings (SSSR count). The molecule has 0 saturated carbocycles. The zero-order chi connectivity index (χ0) is 17.1. The lowest BCUT2D eigenvalue weighted by Gasteiger charge is -2.32. The fourth-order valence-corrected chi connectivity index (χ4v) is 3.77. The summed E-state index contributed by atoms with van der Waals surface area (Å²) in [6, 6.07) is 20.7. The molecule has 3 nitrogen and oxygen atoms in total. The maximum absolute atomic E-state index is 12.8. The Hall–Kier alpha value is -2.68. The van der Waals surface area contributed by atoms with E-state index in [1.165, 1.54) is 5.56 Å². The minimum Gasteiger partial charge on any atom is -0.342 e. The summed E-state index contributed by atoms with van der Waals surface area (Å²) >= 11 is 0. The Morgan fingerprint density at radius 2 is 1.72 bits per heavy atom. The first-order valence-corrected chi connectivity index (χ1v) is 8.96. The molecule has 3 heteroatoms. The lowest BCUT2D eigenvalue weighted by atomic mass is 9.89. The molecule has 1 amide bonds. The summed E-state index contributed by atoms with van der Waals surface area (Å²) in [6.07, 6.45) is 4.32. The van der Waals surface area contributed by atoms with E-state index in [2.05, 4.69) is 35.3 Å². The number of likely N-dealkylation sites (tertiary alicyclic amines) is 1. The first kappa shape index (κ1) is 15.8. The van der Waals surface area contributed by atoms with Crippen LogP contribution in [-0.4, -0.2) is 28.9 Å². The summed E-state index contributed by atoms with van der Waals surface area (Å²) in [5, 5.41) is 1.09. The van der Waals surface area contributed by atoms with Gasteiger partial charge in [-0.05, 0) is 36.0 Å². The molecule has 1 saturated heterocycles. The number of carbonyl (C=O) groups is 1. The summed E-state index contributed by atoms with van der Waals surface area (Å²) in [6.45, 7) is 1.69. The second-order valence-corrected chi connectivity index (χ2v) is 6.73. The van der Waals surface area contributed by atoms with Crippen molar-refractivity contribution in [1.82, 2.24) is 9.88 Å². The molecule has 1 aliphatic heterocycles. The quantitative estimate of drug-likeness (QED) is 0.722. The average Bonchev–Trinajstić information content (AvgIpc) is 2.69. The van der Waals surface area contributed by atoms with E-state index in [9.17, 15) is 4.79 Å². The van der Waals surface area contributed by atoms with Crippen LogP contribution in [0.5, 0.6) is 0 Å². The van der Waals surface area contributed by atoms with Crippen LogP contribution in [0, 0.1) is 0 Å². The molecule has 0 spiro atoms. The third kappa shape index (κ3) is 3.41. The summed E-state index contributed by atoms with van der Waals surface area (Å²) in [7, 11) is 0. The van der Waals surface area contributed by atoms with Gasteiger partial charge in [-0.3, -0.25) is 9.78 Å². The Kier molecular flexibility index (Phi) is 4.47. The van der Waals surface area contributed by atoms with Gasteiger partial charge in [0.05, 0.1) is 11.9 Å². The maximum Gasteiger partial charge on any atom is 0.227 e. The van der Waals surface area contributed by atoms with E-state index in [1.54, 1.807) is 6.20 Å². The number of fused-ring (bicyclic) bond motifs is 1. The smallest absolute Gasteiger partial charge is 0.227 e. The predicted octanol–water partition coefficient (Wildman–Crippen LogP) is 4.18. The van der Waals surface area contributed by atoms with Crippen molar-refractivity contribution in [1.29, 1.82) is 0 Å².